The van der Waals surface area contributed by atoms with E-state index in [-0.39, 0.29) is 0 Å². The van der Waals surface area contributed by atoms with Gasteiger partial charge >= 0.3 is 0 Å². The van der Waals surface area contributed by atoms with E-state index in [0.717, 1.165) is 144 Å². The second-order valence-electron chi connectivity index (χ2n) is 26.8. The third-order valence-electron chi connectivity index (χ3n) is 20.9. The summed E-state index contributed by atoms with van der Waals surface area (Å²) >= 11 is 0. The van der Waals surface area contributed by atoms with E-state index in [4.69, 9.17) is 29.9 Å². The Hall–Kier alpha value is -14.5. The lowest BCUT2D eigenvalue weighted by atomic mass is 9.91. The van der Waals surface area contributed by atoms with Gasteiger partial charge in [0.1, 0.15) is 0 Å². The number of nitrogens with zero attached hydrogens (tertiary/aromatic N) is 10. The quantitative estimate of drug-likeness (QED) is 0.121. The van der Waals surface area contributed by atoms with Crippen LogP contribution in [0.25, 0.3) is 201 Å². The first kappa shape index (κ1) is 60.3. The summed E-state index contributed by atoms with van der Waals surface area (Å²) < 4.78 is 9.82. The van der Waals surface area contributed by atoms with Gasteiger partial charge in [-0.25, -0.2) is 29.9 Å². The number of hydrogen-bond acceptors (Lipinski definition) is 6. The van der Waals surface area contributed by atoms with Crippen molar-refractivity contribution < 1.29 is 0 Å². The predicted molar refractivity (Wildman–Crippen MR) is 434 cm³/mol. The zero-order chi connectivity index (χ0) is 69.8. The highest BCUT2D eigenvalue weighted by Crippen LogP contribution is 2.49. The summed E-state index contributed by atoms with van der Waals surface area (Å²) in [7, 11) is 0. The fourth-order valence-electron chi connectivity index (χ4n) is 16.3. The molecule has 0 bridgehead atoms. The summed E-state index contributed by atoms with van der Waals surface area (Å²) in [6, 6.07) is 129. The number of para-hydroxylation sites is 6. The molecule has 106 heavy (non-hydrogen) atoms. The maximum absolute atomic E-state index is 5.55. The summed E-state index contributed by atoms with van der Waals surface area (Å²) in [6.07, 6.45) is 0. The lowest BCUT2D eigenvalue weighted by molar-refractivity contribution is 1.07. The Labute approximate surface area is 609 Å². The largest absolute Gasteiger partial charge is 0.309 e. The second kappa shape index (κ2) is 24.7. The minimum atomic E-state index is 0.528. The van der Waals surface area contributed by atoms with Crippen LogP contribution in [0, 0.1) is 0 Å². The first-order chi connectivity index (χ1) is 52.6. The molecule has 0 aliphatic rings. The van der Waals surface area contributed by atoms with E-state index in [0.29, 0.717) is 34.9 Å². The molecule has 0 fully saturated rings. The molecule has 6 heterocycles. The van der Waals surface area contributed by atoms with Gasteiger partial charge in [0.25, 0.3) is 0 Å². The van der Waals surface area contributed by atoms with Gasteiger partial charge < -0.3 is 18.3 Å². The molecule has 6 aromatic heterocycles. The van der Waals surface area contributed by atoms with Crippen molar-refractivity contribution in [2.45, 2.75) is 0 Å². The monoisotopic (exact) mass is 1350 g/mol. The van der Waals surface area contributed by atoms with E-state index in [1.807, 2.05) is 72.8 Å². The van der Waals surface area contributed by atoms with Gasteiger partial charge in [-0.2, -0.15) is 0 Å². The van der Waals surface area contributed by atoms with Crippen molar-refractivity contribution in [3.05, 3.63) is 364 Å². The fraction of sp³-hybridized carbons (Fsp3) is 0. The number of hydrogen-bond donors (Lipinski definition) is 0. The Kier molecular flexibility index (Phi) is 14.0. The first-order valence-electron chi connectivity index (χ1n) is 35.8. The molecule has 10 heteroatoms. The van der Waals surface area contributed by atoms with Gasteiger partial charge in [0, 0.05) is 99.0 Å². The minimum absolute atomic E-state index is 0.528. The third-order valence-corrected chi connectivity index (χ3v) is 20.9. The molecule has 0 saturated heterocycles. The van der Waals surface area contributed by atoms with E-state index in [1.165, 1.54) is 21.5 Å². The third kappa shape index (κ3) is 9.66. The van der Waals surface area contributed by atoms with Crippen LogP contribution in [0.15, 0.2) is 364 Å². The normalized spacial score (nSPS) is 11.8. The summed E-state index contributed by atoms with van der Waals surface area (Å²) in [4.78, 5) is 32.7. The van der Waals surface area contributed by atoms with Crippen molar-refractivity contribution in [2.24, 2.45) is 0 Å². The molecule has 0 amide bonds. The van der Waals surface area contributed by atoms with Gasteiger partial charge in [-0.15, -0.1) is 0 Å². The smallest absolute Gasteiger partial charge is 0.164 e. The molecule has 10 nitrogen and oxygen atoms in total. The molecule has 0 unspecified atom stereocenters. The topological polar surface area (TPSA) is 97.1 Å². The van der Waals surface area contributed by atoms with Crippen LogP contribution in [-0.4, -0.2) is 48.2 Å². The molecule has 0 saturated carbocycles. The van der Waals surface area contributed by atoms with Crippen LogP contribution in [-0.2, 0) is 0 Å². The molecular formula is C96H60N10. The summed E-state index contributed by atoms with van der Waals surface area (Å²) in [5, 5.41) is 9.26. The average Bonchev–Trinajstić information content (AvgIpc) is 1.54. The number of benzene rings is 15. The SMILES string of the molecule is c1ccc(-c2nc(-c3ccccc3)nc(-c3cccc(-n4c5ccccc5c5c4ccc4c6ccccc6n(-c6ccccc6)c45)c3-c3cccc(-c4c(-c5nc(-c6ccccc6)nc(-c6ccccc6)n5)cccc4-n4c5ccccc5c5c4ccc4c6ccccc6n(-c6ccccc6)c45)c3)n2)cc1. The Morgan fingerprint density at radius 2 is 0.462 bits per heavy atom. The van der Waals surface area contributed by atoms with Crippen LogP contribution in [0.5, 0.6) is 0 Å². The first-order valence-corrected chi connectivity index (χ1v) is 35.8. The lowest BCUT2D eigenvalue weighted by Crippen LogP contribution is -2.05. The summed E-state index contributed by atoms with van der Waals surface area (Å²) in [5.41, 5.74) is 21.7. The van der Waals surface area contributed by atoms with Crippen LogP contribution in [0.4, 0.5) is 0 Å². The van der Waals surface area contributed by atoms with Crippen LogP contribution in [0.3, 0.4) is 0 Å². The standard InChI is InChI=1S/C96H60N10/c1-7-30-61(31-8-1)91-97-92(62-32-9-2-10-33-62)100-95(99-91)75-48-28-54-81(105-79-52-25-21-46-73(79)87-83(105)58-56-71-69-44-19-23-50-77(69)103(89(71)87)67-40-15-5-16-41-67)85(75)65-38-27-39-66(60-65)86-76(96-101-93(63-34-11-3-12-35-63)98-94(102-96)64-36-13-4-14-37-64)49-29-55-82(86)106-80-53-26-22-47-74(80)88-84(106)59-57-72-70-45-20-24-51-78(70)104(90(72)88)68-42-17-6-18-43-68/h1-60H. The van der Waals surface area contributed by atoms with E-state index in [1.54, 1.807) is 0 Å². The number of rotatable bonds is 12. The van der Waals surface area contributed by atoms with Gasteiger partial charge in [0.05, 0.1) is 55.5 Å². The van der Waals surface area contributed by atoms with Crippen LogP contribution in [0.2, 0.25) is 0 Å². The van der Waals surface area contributed by atoms with E-state index >= 15 is 0 Å². The summed E-state index contributed by atoms with van der Waals surface area (Å²) in [5.74, 6) is 3.32. The number of fused-ring (bicyclic) bond motifs is 14. The Balaban J connectivity index is 0.883. The molecule has 15 aromatic carbocycles. The Bertz CT molecular complexity index is 6510. The molecule has 0 aliphatic carbocycles. The van der Waals surface area contributed by atoms with Gasteiger partial charge in [-0.05, 0) is 90.0 Å². The lowest BCUT2D eigenvalue weighted by Gasteiger charge is -2.21. The molecule has 0 spiro atoms. The Morgan fingerprint density at radius 1 is 0.179 bits per heavy atom. The van der Waals surface area contributed by atoms with E-state index < -0.39 is 0 Å². The molecule has 0 atom stereocenters. The molecular weight excluding hydrogens is 1290 g/mol. The van der Waals surface area contributed by atoms with E-state index in [2.05, 4.69) is 309 Å². The highest BCUT2D eigenvalue weighted by atomic mass is 15.1. The molecule has 21 aromatic rings. The zero-order valence-electron chi connectivity index (χ0n) is 57.1. The zero-order valence-corrected chi connectivity index (χ0v) is 57.1. The van der Waals surface area contributed by atoms with Crippen LogP contribution >= 0.6 is 0 Å². The van der Waals surface area contributed by atoms with Crippen molar-refractivity contribution in [1.29, 1.82) is 0 Å². The van der Waals surface area contributed by atoms with Crippen molar-refractivity contribution >= 4 is 87.2 Å². The molecule has 494 valence electrons. The highest BCUT2D eigenvalue weighted by molar-refractivity contribution is 6.28. The number of aromatic nitrogens is 10. The van der Waals surface area contributed by atoms with Crippen molar-refractivity contribution in [3.8, 4) is 113 Å². The maximum atomic E-state index is 5.55. The van der Waals surface area contributed by atoms with Gasteiger partial charge in [-0.1, -0.05) is 285 Å². The van der Waals surface area contributed by atoms with Gasteiger partial charge in [-0.3, -0.25) is 0 Å². The molecule has 0 N–H and O–H groups in total. The van der Waals surface area contributed by atoms with Crippen molar-refractivity contribution in [1.82, 2.24) is 48.2 Å². The van der Waals surface area contributed by atoms with Crippen LogP contribution in [0.1, 0.15) is 0 Å². The summed E-state index contributed by atoms with van der Waals surface area (Å²) in [6.45, 7) is 0. The van der Waals surface area contributed by atoms with Crippen molar-refractivity contribution in [3.63, 3.8) is 0 Å². The minimum Gasteiger partial charge on any atom is -0.309 e. The predicted octanol–water partition coefficient (Wildman–Crippen LogP) is 23.8. The van der Waals surface area contributed by atoms with Crippen LogP contribution < -0.4 is 0 Å². The van der Waals surface area contributed by atoms with Gasteiger partial charge in [0.15, 0.2) is 34.9 Å². The molecule has 21 rings (SSSR count). The molecule has 0 aliphatic heterocycles. The Morgan fingerprint density at radius 3 is 0.821 bits per heavy atom. The van der Waals surface area contributed by atoms with Gasteiger partial charge in [0.2, 0.25) is 0 Å². The van der Waals surface area contributed by atoms with E-state index in [9.17, 15) is 0 Å². The highest BCUT2D eigenvalue weighted by Gasteiger charge is 2.29. The maximum Gasteiger partial charge on any atom is 0.164 e. The second-order valence-corrected chi connectivity index (χ2v) is 26.8. The average molecular weight is 1350 g/mol. The molecule has 0 radical (unpaired) electrons. The van der Waals surface area contributed by atoms with Crippen molar-refractivity contribution in [2.75, 3.05) is 0 Å². The fourth-order valence-corrected chi connectivity index (χ4v) is 16.3.